The van der Waals surface area contributed by atoms with Gasteiger partial charge < -0.3 is 52.1 Å². The fourth-order valence-electron chi connectivity index (χ4n) is 9.47. The number of Topliss-reactive ketones (excluding diaryl/α,β-unsaturated/α-hetero) is 1. The van der Waals surface area contributed by atoms with E-state index in [0.717, 1.165) is 149 Å². The van der Waals surface area contributed by atoms with Gasteiger partial charge in [0.2, 0.25) is 5.97 Å². The molecule has 0 amide bonds. The Balaban J connectivity index is 0.000000222. The van der Waals surface area contributed by atoms with Gasteiger partial charge in [-0.25, -0.2) is 38.1 Å². The number of hydrogen-bond acceptors (Lipinski definition) is 21. The molecule has 431 valence electrons. The number of aryl methyl sites for hydroxylation is 6. The molecule has 4 saturated heterocycles. The summed E-state index contributed by atoms with van der Waals surface area (Å²) in [6, 6.07) is 8.55. The average molecular weight is 1130 g/mol. The Labute approximate surface area is 494 Å². The number of piperidine rings is 2. The molecular formula is C56H73BF2N10NaO11. The number of aromatic nitrogens is 6. The summed E-state index contributed by atoms with van der Waals surface area (Å²) in [5.41, 5.74) is 11.5. The van der Waals surface area contributed by atoms with Crippen molar-refractivity contribution < 1.29 is 90.5 Å². The average Bonchev–Trinajstić information content (AvgIpc) is 4.10. The first-order valence-electron chi connectivity index (χ1n) is 27.1. The molecule has 21 nitrogen and oxygen atoms in total. The van der Waals surface area contributed by atoms with Gasteiger partial charge in [-0.1, -0.05) is 24.2 Å². The van der Waals surface area contributed by atoms with Gasteiger partial charge in [0.15, 0.2) is 11.6 Å². The second-order valence-electron chi connectivity index (χ2n) is 19.9. The number of rotatable bonds is 8. The summed E-state index contributed by atoms with van der Waals surface area (Å²) in [6.45, 7) is 21.2. The van der Waals surface area contributed by atoms with Gasteiger partial charge in [0.25, 0.3) is 11.8 Å². The SMILES string of the molecule is CC(=O)OOC(C)=O.CCc1cc(F)c2nc(N3CCC(=O)CC3)c(-c3nc(C)no3)c(C)c2c1.CCc1cc(F)c2nc(N3CCC(NC4CCOCC4)CC3)c(-c3nc(C)no3)c(C)c2c1.NC1CCOCC1.[B-]OC(C)=O.[Na+]. The van der Waals surface area contributed by atoms with E-state index in [4.69, 9.17) is 29.2 Å². The fourth-order valence-corrected chi connectivity index (χ4v) is 9.47. The Morgan fingerprint density at radius 2 is 1.04 bits per heavy atom. The van der Waals surface area contributed by atoms with Crippen LogP contribution in [0.25, 0.3) is 44.7 Å². The number of benzene rings is 2. The van der Waals surface area contributed by atoms with E-state index in [1.807, 2.05) is 44.7 Å². The molecule has 0 unspecified atom stereocenters. The third-order valence-electron chi connectivity index (χ3n) is 13.8. The standard InChI is InChI=1S/C25H32FN5O2.C20H21FN4O2.C5H11NO.C4H6O4.C2H3BO2.Na/c1-4-17-13-20-15(2)22(25-27-16(3)30-33-25)24(29-23(20)21(26)14-17)31-9-5-18(6-10-31)28-19-7-11-32-12-8-19;1-4-13-9-15-11(2)17(20-22-12(3)24-27-20)19(23-18(15)16(21)10-13)25-7-5-14(26)6-8-25;6-5-1-3-7-4-2-5;1-3(5)7-8-4(2)6;1-2(4)5-3;/h13-14,18-19,28H,4-12H2,1-3H3;9-10H,4-8H2,1-3H3;5H,1-4,6H2;1-2H3;1H3;/q;;;;-1;+1. The minimum absolute atomic E-state index is 0. The van der Waals surface area contributed by atoms with Crippen LogP contribution in [0.2, 0.25) is 0 Å². The number of nitrogens with zero attached hydrogens (tertiary/aromatic N) is 8. The molecular weight excluding hydrogens is 1060 g/mol. The molecule has 0 saturated carbocycles. The zero-order valence-corrected chi connectivity index (χ0v) is 50.2. The van der Waals surface area contributed by atoms with E-state index in [-0.39, 0.29) is 47.0 Å². The molecule has 10 rings (SSSR count). The Morgan fingerprint density at radius 1 is 0.642 bits per heavy atom. The summed E-state index contributed by atoms with van der Waals surface area (Å²) < 4.78 is 55.0. The van der Waals surface area contributed by atoms with Crippen LogP contribution in [0.4, 0.5) is 20.4 Å². The zero-order chi connectivity index (χ0) is 58.0. The van der Waals surface area contributed by atoms with Crippen LogP contribution in [0.5, 0.6) is 0 Å². The number of hydrogen-bond donors (Lipinski definition) is 2. The maximum Gasteiger partial charge on any atom is 1.00 e. The number of carbonyl (C=O) groups excluding carboxylic acids is 4. The number of halogens is 2. The first kappa shape index (κ1) is 65.8. The topological polar surface area (TPSA) is 263 Å². The number of anilines is 2. The van der Waals surface area contributed by atoms with E-state index >= 15 is 4.39 Å². The van der Waals surface area contributed by atoms with Gasteiger partial charge >= 0.3 is 41.5 Å². The Bertz CT molecular complexity index is 3050. The smallest absolute Gasteiger partial charge is 0.793 e. The molecule has 0 bridgehead atoms. The van der Waals surface area contributed by atoms with E-state index in [1.54, 1.807) is 19.9 Å². The van der Waals surface area contributed by atoms with Crippen molar-refractivity contribution >= 4 is 65.2 Å². The molecule has 8 heterocycles. The van der Waals surface area contributed by atoms with Gasteiger partial charge in [-0.15, -0.1) is 0 Å². The Kier molecular flexibility index (Phi) is 26.0. The maximum absolute atomic E-state index is 15.1. The zero-order valence-electron chi connectivity index (χ0n) is 48.2. The van der Waals surface area contributed by atoms with Crippen molar-refractivity contribution in [1.82, 2.24) is 35.6 Å². The van der Waals surface area contributed by atoms with Crippen LogP contribution in [0.1, 0.15) is 120 Å². The molecule has 4 fully saturated rings. The minimum atomic E-state index is -0.639. The first-order valence-corrected chi connectivity index (χ1v) is 27.1. The van der Waals surface area contributed by atoms with Crippen LogP contribution >= 0.6 is 0 Å². The molecule has 25 heteroatoms. The van der Waals surface area contributed by atoms with E-state index < -0.39 is 17.9 Å². The molecule has 4 aromatic heterocycles. The molecule has 81 heavy (non-hydrogen) atoms. The normalized spacial score (nSPS) is 15.8. The summed E-state index contributed by atoms with van der Waals surface area (Å²) in [4.78, 5) is 71.1. The second kappa shape index (κ2) is 32.0. The van der Waals surface area contributed by atoms with Crippen molar-refractivity contribution in [2.45, 2.75) is 145 Å². The summed E-state index contributed by atoms with van der Waals surface area (Å²) in [5, 5.41) is 13.3. The predicted octanol–water partition coefficient (Wildman–Crippen LogP) is 4.90. The Hall–Kier alpha value is -6.02. The van der Waals surface area contributed by atoms with Crippen LogP contribution < -0.4 is 50.4 Å². The summed E-state index contributed by atoms with van der Waals surface area (Å²) in [5.74, 6) is 1.11. The van der Waals surface area contributed by atoms with Crippen LogP contribution in [-0.2, 0) is 55.9 Å². The van der Waals surface area contributed by atoms with Gasteiger partial charge in [-0.05, 0) is 126 Å². The molecule has 2 aromatic carbocycles. The van der Waals surface area contributed by atoms with Crippen LogP contribution in [0.3, 0.4) is 0 Å². The van der Waals surface area contributed by atoms with Gasteiger partial charge in [0, 0.05) is 115 Å². The predicted molar refractivity (Wildman–Crippen MR) is 295 cm³/mol. The largest absolute Gasteiger partial charge is 1.00 e. The van der Waals surface area contributed by atoms with Crippen molar-refractivity contribution in [3.05, 3.63) is 69.8 Å². The van der Waals surface area contributed by atoms with Crippen molar-refractivity contribution in [1.29, 1.82) is 0 Å². The number of nitrogens with two attached hydrogens (primary N) is 1. The van der Waals surface area contributed by atoms with E-state index in [9.17, 15) is 23.6 Å². The molecule has 4 aliphatic rings. The third-order valence-corrected chi connectivity index (χ3v) is 13.8. The molecule has 0 spiro atoms. The van der Waals surface area contributed by atoms with E-state index in [1.165, 1.54) is 13.0 Å². The number of fused-ring (bicyclic) bond motifs is 2. The monoisotopic (exact) mass is 1130 g/mol. The second-order valence-corrected chi connectivity index (χ2v) is 19.9. The van der Waals surface area contributed by atoms with Crippen molar-refractivity contribution in [2.75, 3.05) is 62.4 Å². The van der Waals surface area contributed by atoms with Crippen LogP contribution in [0, 0.1) is 39.3 Å². The van der Waals surface area contributed by atoms with Crippen molar-refractivity contribution in [3.63, 3.8) is 0 Å². The first-order chi connectivity index (χ1) is 38.3. The van der Waals surface area contributed by atoms with E-state index in [0.29, 0.717) is 89.9 Å². The number of pyridine rings is 2. The van der Waals surface area contributed by atoms with Crippen molar-refractivity contribution in [2.24, 2.45) is 5.73 Å². The maximum atomic E-state index is 15.1. The quantitative estimate of drug-likeness (QED) is 0.117. The summed E-state index contributed by atoms with van der Waals surface area (Å²) in [6.07, 6.45) is 8.66. The molecule has 0 atom stereocenters. The summed E-state index contributed by atoms with van der Waals surface area (Å²) >= 11 is 0. The minimum Gasteiger partial charge on any atom is -0.793 e. The summed E-state index contributed by atoms with van der Waals surface area (Å²) in [7, 11) is 4.32. The molecule has 0 aliphatic carbocycles. The third kappa shape index (κ3) is 18.8. The number of nitrogens with one attached hydrogen (secondary N) is 1. The van der Waals surface area contributed by atoms with Gasteiger partial charge in [0.05, 0.1) is 11.1 Å². The molecule has 3 N–H and O–H groups in total. The Morgan fingerprint density at radius 3 is 1.38 bits per heavy atom. The van der Waals surface area contributed by atoms with Crippen LogP contribution in [-0.4, -0.2) is 133 Å². The van der Waals surface area contributed by atoms with E-state index in [2.05, 4.69) is 58.0 Å². The van der Waals surface area contributed by atoms with Crippen LogP contribution in [0.15, 0.2) is 33.3 Å². The molecule has 3 radical (unpaired) electrons. The molecule has 4 aliphatic heterocycles. The molecule has 6 aromatic rings. The number of ether oxygens (including phenoxy) is 2. The van der Waals surface area contributed by atoms with Gasteiger partial charge in [-0.3, -0.25) is 9.59 Å². The van der Waals surface area contributed by atoms with Gasteiger partial charge in [0.1, 0.15) is 40.1 Å². The number of ketones is 1. The number of carbonyl (C=O) groups is 4. The fraction of sp³-hybridized carbons (Fsp3) is 0.536. The van der Waals surface area contributed by atoms with Crippen molar-refractivity contribution in [3.8, 4) is 22.9 Å². The van der Waals surface area contributed by atoms with Gasteiger partial charge in [-0.2, -0.15) is 9.97 Å².